The molecule has 0 heterocycles. The fourth-order valence-electron chi connectivity index (χ4n) is 1.30. The monoisotopic (exact) mass is 228 g/mol. The smallest absolute Gasteiger partial charge is 0.253 e. The van der Waals surface area contributed by atoms with Gasteiger partial charge in [-0.1, -0.05) is 0 Å². The molecule has 0 aromatic heterocycles. The SMILES string of the molecule is CCNc1c(F)cc(C(=O)N(C)C)cc1F. The minimum atomic E-state index is -0.757. The van der Waals surface area contributed by atoms with E-state index in [-0.39, 0.29) is 11.3 Å². The normalized spacial score (nSPS) is 10.1. The van der Waals surface area contributed by atoms with Crippen LogP contribution in [0.3, 0.4) is 0 Å². The van der Waals surface area contributed by atoms with Crippen LogP contribution in [0, 0.1) is 11.6 Å². The predicted octanol–water partition coefficient (Wildman–Crippen LogP) is 2.10. The van der Waals surface area contributed by atoms with Gasteiger partial charge in [0.15, 0.2) is 0 Å². The minimum absolute atomic E-state index is 0.00153. The fraction of sp³-hybridized carbons (Fsp3) is 0.364. The molecular weight excluding hydrogens is 214 g/mol. The molecule has 3 nitrogen and oxygen atoms in total. The average Bonchev–Trinajstić information content (AvgIpc) is 2.21. The molecule has 5 heteroatoms. The Hall–Kier alpha value is -1.65. The first-order valence-corrected chi connectivity index (χ1v) is 4.92. The number of halogens is 2. The number of amides is 1. The molecule has 0 radical (unpaired) electrons. The number of hydrogen-bond donors (Lipinski definition) is 1. The van der Waals surface area contributed by atoms with E-state index >= 15 is 0 Å². The van der Waals surface area contributed by atoms with E-state index < -0.39 is 17.5 Å². The Bertz CT molecular complexity index is 382. The zero-order chi connectivity index (χ0) is 12.3. The summed E-state index contributed by atoms with van der Waals surface area (Å²) in [4.78, 5) is 12.8. The number of rotatable bonds is 3. The molecule has 88 valence electrons. The van der Waals surface area contributed by atoms with Crippen molar-refractivity contribution in [3.63, 3.8) is 0 Å². The van der Waals surface area contributed by atoms with E-state index in [1.807, 2.05) is 0 Å². The third-order valence-corrected chi connectivity index (χ3v) is 2.05. The van der Waals surface area contributed by atoms with Crippen LogP contribution in [-0.4, -0.2) is 31.4 Å². The van der Waals surface area contributed by atoms with E-state index in [4.69, 9.17) is 0 Å². The molecule has 16 heavy (non-hydrogen) atoms. The Labute approximate surface area is 93.1 Å². The van der Waals surface area contributed by atoms with Gasteiger partial charge in [0, 0.05) is 26.2 Å². The van der Waals surface area contributed by atoms with Gasteiger partial charge in [0.1, 0.15) is 17.3 Å². The van der Waals surface area contributed by atoms with Crippen molar-refractivity contribution in [2.45, 2.75) is 6.92 Å². The zero-order valence-corrected chi connectivity index (χ0v) is 9.47. The molecule has 0 aliphatic rings. The van der Waals surface area contributed by atoms with Gasteiger partial charge in [-0.25, -0.2) is 8.78 Å². The zero-order valence-electron chi connectivity index (χ0n) is 9.47. The molecule has 0 unspecified atom stereocenters. The molecule has 1 aromatic rings. The summed E-state index contributed by atoms with van der Waals surface area (Å²) in [5.74, 6) is -1.94. The quantitative estimate of drug-likeness (QED) is 0.859. The van der Waals surface area contributed by atoms with E-state index in [0.717, 1.165) is 12.1 Å². The summed E-state index contributed by atoms with van der Waals surface area (Å²) >= 11 is 0. The summed E-state index contributed by atoms with van der Waals surface area (Å²) in [5.41, 5.74) is -0.195. The molecule has 1 rings (SSSR count). The molecule has 1 amide bonds. The predicted molar refractivity (Wildman–Crippen MR) is 58.5 cm³/mol. The lowest BCUT2D eigenvalue weighted by atomic mass is 10.1. The van der Waals surface area contributed by atoms with Crippen LogP contribution in [0.1, 0.15) is 17.3 Å². The largest absolute Gasteiger partial charge is 0.381 e. The topological polar surface area (TPSA) is 32.3 Å². The van der Waals surface area contributed by atoms with E-state index in [2.05, 4.69) is 5.32 Å². The third kappa shape index (κ3) is 2.48. The van der Waals surface area contributed by atoms with Gasteiger partial charge >= 0.3 is 0 Å². The van der Waals surface area contributed by atoms with Gasteiger partial charge in [-0.15, -0.1) is 0 Å². The first-order valence-electron chi connectivity index (χ1n) is 4.92. The molecule has 0 saturated heterocycles. The van der Waals surface area contributed by atoms with Gasteiger partial charge in [-0.3, -0.25) is 4.79 Å². The van der Waals surface area contributed by atoms with Gasteiger partial charge in [-0.05, 0) is 19.1 Å². The number of nitrogens with zero attached hydrogens (tertiary/aromatic N) is 1. The van der Waals surface area contributed by atoms with Gasteiger partial charge in [0.2, 0.25) is 0 Å². The highest BCUT2D eigenvalue weighted by atomic mass is 19.1. The Morgan fingerprint density at radius 3 is 2.19 bits per heavy atom. The maximum absolute atomic E-state index is 13.4. The summed E-state index contributed by atoms with van der Waals surface area (Å²) in [5, 5.41) is 2.56. The van der Waals surface area contributed by atoms with Crippen LogP contribution in [0.4, 0.5) is 14.5 Å². The average molecular weight is 228 g/mol. The number of carbonyl (C=O) groups is 1. The Kier molecular flexibility index (Phi) is 3.82. The fourth-order valence-corrected chi connectivity index (χ4v) is 1.30. The maximum atomic E-state index is 13.4. The molecule has 0 aliphatic carbocycles. The molecule has 1 N–H and O–H groups in total. The van der Waals surface area contributed by atoms with Gasteiger partial charge in [0.05, 0.1) is 0 Å². The van der Waals surface area contributed by atoms with Crippen molar-refractivity contribution >= 4 is 11.6 Å². The van der Waals surface area contributed by atoms with Crippen LogP contribution in [0.15, 0.2) is 12.1 Å². The number of anilines is 1. The molecule has 0 fully saturated rings. The van der Waals surface area contributed by atoms with E-state index in [9.17, 15) is 13.6 Å². The molecule has 1 aromatic carbocycles. The van der Waals surface area contributed by atoms with Gasteiger partial charge in [0.25, 0.3) is 5.91 Å². The van der Waals surface area contributed by atoms with Crippen molar-refractivity contribution in [1.82, 2.24) is 4.90 Å². The number of benzene rings is 1. The van der Waals surface area contributed by atoms with Crippen molar-refractivity contribution in [3.8, 4) is 0 Å². The first kappa shape index (κ1) is 12.4. The minimum Gasteiger partial charge on any atom is -0.381 e. The van der Waals surface area contributed by atoms with Gasteiger partial charge in [-0.2, -0.15) is 0 Å². The lowest BCUT2D eigenvalue weighted by Crippen LogP contribution is -2.22. The number of nitrogens with one attached hydrogen (secondary N) is 1. The van der Waals surface area contributed by atoms with Gasteiger partial charge < -0.3 is 10.2 Å². The summed E-state index contributed by atoms with van der Waals surface area (Å²) in [6.45, 7) is 2.15. The molecular formula is C11H14F2N2O. The van der Waals surface area contributed by atoms with Crippen LogP contribution >= 0.6 is 0 Å². The molecule has 0 saturated carbocycles. The van der Waals surface area contributed by atoms with E-state index in [0.29, 0.717) is 6.54 Å². The number of hydrogen-bond acceptors (Lipinski definition) is 2. The summed E-state index contributed by atoms with van der Waals surface area (Å²) in [6.07, 6.45) is 0. The van der Waals surface area contributed by atoms with Crippen molar-refractivity contribution in [2.24, 2.45) is 0 Å². The summed E-state index contributed by atoms with van der Waals surface area (Å²) in [6, 6.07) is 2.06. The highest BCUT2D eigenvalue weighted by Crippen LogP contribution is 2.21. The second-order valence-corrected chi connectivity index (χ2v) is 3.54. The highest BCUT2D eigenvalue weighted by Gasteiger charge is 2.15. The third-order valence-electron chi connectivity index (χ3n) is 2.05. The molecule has 0 bridgehead atoms. The second kappa shape index (κ2) is 4.92. The van der Waals surface area contributed by atoms with Crippen LogP contribution in [0.5, 0.6) is 0 Å². The Morgan fingerprint density at radius 1 is 1.31 bits per heavy atom. The summed E-state index contributed by atoms with van der Waals surface area (Å²) < 4.78 is 26.9. The van der Waals surface area contributed by atoms with Crippen molar-refractivity contribution in [3.05, 3.63) is 29.3 Å². The van der Waals surface area contributed by atoms with Crippen molar-refractivity contribution < 1.29 is 13.6 Å². The van der Waals surface area contributed by atoms with Crippen LogP contribution in [0.25, 0.3) is 0 Å². The molecule has 0 aliphatic heterocycles. The van der Waals surface area contributed by atoms with Crippen molar-refractivity contribution in [1.29, 1.82) is 0 Å². The number of carbonyl (C=O) groups excluding carboxylic acids is 1. The maximum Gasteiger partial charge on any atom is 0.253 e. The lowest BCUT2D eigenvalue weighted by Gasteiger charge is -2.12. The second-order valence-electron chi connectivity index (χ2n) is 3.54. The molecule has 0 atom stereocenters. The van der Waals surface area contributed by atoms with Crippen LogP contribution in [0.2, 0.25) is 0 Å². The Morgan fingerprint density at radius 2 is 1.81 bits per heavy atom. The van der Waals surface area contributed by atoms with Crippen molar-refractivity contribution in [2.75, 3.05) is 26.0 Å². The lowest BCUT2D eigenvalue weighted by molar-refractivity contribution is 0.0826. The highest BCUT2D eigenvalue weighted by molar-refractivity contribution is 5.94. The molecule has 0 spiro atoms. The first-order chi connectivity index (χ1) is 7.47. The van der Waals surface area contributed by atoms with Crippen LogP contribution in [-0.2, 0) is 0 Å². The summed E-state index contributed by atoms with van der Waals surface area (Å²) in [7, 11) is 3.05. The van der Waals surface area contributed by atoms with Crippen LogP contribution < -0.4 is 5.32 Å². The van der Waals surface area contributed by atoms with E-state index in [1.54, 1.807) is 6.92 Å². The Balaban J connectivity index is 3.14. The standard InChI is InChI=1S/C11H14F2N2O/c1-4-14-10-8(12)5-7(6-9(10)13)11(16)15(2)3/h5-6,14H,4H2,1-3H3. The van der Waals surface area contributed by atoms with E-state index in [1.165, 1.54) is 19.0 Å².